The number of carboxylic acid groups (broad SMARTS) is 1. The first-order valence-corrected chi connectivity index (χ1v) is 7.04. The zero-order valence-electron chi connectivity index (χ0n) is 11.2. The third-order valence-corrected chi connectivity index (χ3v) is 4.47. The summed E-state index contributed by atoms with van der Waals surface area (Å²) in [4.78, 5) is 24.3. The third-order valence-electron chi connectivity index (χ3n) is 4.17. The van der Waals surface area contributed by atoms with E-state index in [4.69, 9.17) is 11.6 Å². The van der Waals surface area contributed by atoms with Crippen LogP contribution in [0.15, 0.2) is 18.2 Å². The van der Waals surface area contributed by atoms with E-state index in [2.05, 4.69) is 0 Å². The van der Waals surface area contributed by atoms with Gasteiger partial charge in [-0.15, -0.1) is 0 Å². The predicted octanol–water partition coefficient (Wildman–Crippen LogP) is 3.58. The van der Waals surface area contributed by atoms with Gasteiger partial charge < -0.3 is 5.11 Å². The van der Waals surface area contributed by atoms with Gasteiger partial charge in [0, 0.05) is 5.92 Å². The van der Waals surface area contributed by atoms with Crippen molar-refractivity contribution in [1.29, 1.82) is 0 Å². The number of carbonyl (C=O) groups is 2. The number of benzene rings is 1. The van der Waals surface area contributed by atoms with Crippen molar-refractivity contribution in [1.82, 2.24) is 0 Å². The second kappa shape index (κ2) is 5.52. The highest BCUT2D eigenvalue weighted by Gasteiger charge is 2.51. The molecule has 0 aliphatic heterocycles. The van der Waals surface area contributed by atoms with Gasteiger partial charge in [-0.3, -0.25) is 9.59 Å². The summed E-state index contributed by atoms with van der Waals surface area (Å²) in [6.07, 6.45) is 2.14. The molecule has 1 fully saturated rings. The molecule has 1 N–H and O–H groups in total. The molecule has 2 atom stereocenters. The summed E-state index contributed by atoms with van der Waals surface area (Å²) >= 11 is 5.63. The molecule has 5 heteroatoms. The van der Waals surface area contributed by atoms with Crippen LogP contribution in [0.25, 0.3) is 0 Å². The first-order valence-electron chi connectivity index (χ1n) is 6.66. The lowest BCUT2D eigenvalue weighted by atomic mass is 9.64. The van der Waals surface area contributed by atoms with E-state index >= 15 is 0 Å². The molecule has 0 bridgehead atoms. The van der Waals surface area contributed by atoms with Gasteiger partial charge >= 0.3 is 5.97 Å². The summed E-state index contributed by atoms with van der Waals surface area (Å²) in [5.74, 6) is -2.50. The largest absolute Gasteiger partial charge is 0.480 e. The van der Waals surface area contributed by atoms with Crippen molar-refractivity contribution in [2.24, 2.45) is 5.92 Å². The first kappa shape index (κ1) is 15.0. The molecule has 108 valence electrons. The standard InChI is InChI=1S/C15H16ClFO3/c1-2-9-4-3-7-15(13(9)18,14(19)20)10-5-6-11(16)12(17)8-10/h5-6,8-9H,2-4,7H2,1H3,(H,19,20). The Morgan fingerprint density at radius 2 is 2.25 bits per heavy atom. The van der Waals surface area contributed by atoms with Gasteiger partial charge in [-0.1, -0.05) is 31.0 Å². The van der Waals surface area contributed by atoms with Crippen LogP contribution in [0.1, 0.15) is 38.2 Å². The second-order valence-electron chi connectivity index (χ2n) is 5.20. The summed E-state index contributed by atoms with van der Waals surface area (Å²) in [7, 11) is 0. The smallest absolute Gasteiger partial charge is 0.321 e. The average molecular weight is 299 g/mol. The molecule has 0 spiro atoms. The number of rotatable bonds is 3. The predicted molar refractivity (Wildman–Crippen MR) is 73.4 cm³/mol. The number of hydrogen-bond donors (Lipinski definition) is 1. The van der Waals surface area contributed by atoms with E-state index in [-0.39, 0.29) is 28.7 Å². The number of aliphatic carboxylic acids is 1. The Balaban J connectivity index is 2.57. The van der Waals surface area contributed by atoms with E-state index in [0.717, 1.165) is 6.07 Å². The quantitative estimate of drug-likeness (QED) is 0.868. The molecular weight excluding hydrogens is 283 g/mol. The van der Waals surface area contributed by atoms with Gasteiger partial charge in [0.05, 0.1) is 5.02 Å². The number of carbonyl (C=O) groups excluding carboxylic acids is 1. The molecule has 2 unspecified atom stereocenters. The molecule has 3 nitrogen and oxygen atoms in total. The zero-order chi connectivity index (χ0) is 14.9. The van der Waals surface area contributed by atoms with Crippen molar-refractivity contribution in [3.63, 3.8) is 0 Å². The summed E-state index contributed by atoms with van der Waals surface area (Å²) in [6.45, 7) is 1.86. The maximum Gasteiger partial charge on any atom is 0.321 e. The van der Waals surface area contributed by atoms with E-state index in [1.807, 2.05) is 6.92 Å². The molecule has 0 amide bonds. The first-order chi connectivity index (χ1) is 9.43. The van der Waals surface area contributed by atoms with Gasteiger partial charge in [0.25, 0.3) is 0 Å². The van der Waals surface area contributed by atoms with Crippen LogP contribution < -0.4 is 0 Å². The van der Waals surface area contributed by atoms with Crippen molar-refractivity contribution in [2.45, 2.75) is 38.0 Å². The molecule has 1 aliphatic carbocycles. The number of halogens is 2. The van der Waals surface area contributed by atoms with Crippen molar-refractivity contribution in [2.75, 3.05) is 0 Å². The van der Waals surface area contributed by atoms with Crippen molar-refractivity contribution in [3.8, 4) is 0 Å². The molecule has 1 saturated carbocycles. The molecule has 1 aliphatic rings. The van der Waals surface area contributed by atoms with Gasteiger partial charge in [-0.25, -0.2) is 4.39 Å². The Labute approximate surface area is 121 Å². The Morgan fingerprint density at radius 3 is 2.80 bits per heavy atom. The highest BCUT2D eigenvalue weighted by atomic mass is 35.5. The van der Waals surface area contributed by atoms with Gasteiger partial charge in [0.1, 0.15) is 5.82 Å². The van der Waals surface area contributed by atoms with Crippen LogP contribution in [0, 0.1) is 11.7 Å². The van der Waals surface area contributed by atoms with Gasteiger partial charge in [-0.2, -0.15) is 0 Å². The number of carboxylic acids is 1. The number of Topliss-reactive ketones (excluding diaryl/α,β-unsaturated/α-hetero) is 1. The fourth-order valence-electron chi connectivity index (χ4n) is 2.99. The molecule has 0 aromatic heterocycles. The van der Waals surface area contributed by atoms with Crippen LogP contribution in [0.4, 0.5) is 4.39 Å². The van der Waals surface area contributed by atoms with Gasteiger partial charge in [-0.05, 0) is 37.0 Å². The molecule has 0 radical (unpaired) electrons. The fraction of sp³-hybridized carbons (Fsp3) is 0.467. The number of hydrogen-bond acceptors (Lipinski definition) is 2. The van der Waals surface area contributed by atoms with E-state index in [1.165, 1.54) is 12.1 Å². The van der Waals surface area contributed by atoms with E-state index in [1.54, 1.807) is 0 Å². The lowest BCUT2D eigenvalue weighted by molar-refractivity contribution is -0.152. The van der Waals surface area contributed by atoms with Crippen molar-refractivity contribution >= 4 is 23.4 Å². The SMILES string of the molecule is CCC1CCCC(C(=O)O)(c2ccc(Cl)c(F)c2)C1=O. The monoisotopic (exact) mass is 298 g/mol. The van der Waals surface area contributed by atoms with Gasteiger partial charge in [0.15, 0.2) is 11.2 Å². The van der Waals surface area contributed by atoms with Crippen LogP contribution in [0.2, 0.25) is 5.02 Å². The van der Waals surface area contributed by atoms with Crippen LogP contribution in [-0.4, -0.2) is 16.9 Å². The summed E-state index contributed by atoms with van der Waals surface area (Å²) < 4.78 is 13.6. The number of ketones is 1. The third kappa shape index (κ3) is 2.22. The molecule has 0 heterocycles. The Kier molecular flexibility index (Phi) is 4.14. The minimum atomic E-state index is -1.63. The molecular formula is C15H16ClFO3. The molecule has 1 aromatic carbocycles. The maximum absolute atomic E-state index is 13.6. The van der Waals surface area contributed by atoms with Gasteiger partial charge in [0.2, 0.25) is 0 Å². The van der Waals surface area contributed by atoms with E-state index < -0.39 is 17.2 Å². The lowest BCUT2D eigenvalue weighted by Crippen LogP contribution is -2.49. The Hall–Kier alpha value is -1.42. The molecule has 2 rings (SSSR count). The zero-order valence-corrected chi connectivity index (χ0v) is 11.9. The normalized spacial score (nSPS) is 26.6. The highest BCUT2D eigenvalue weighted by molar-refractivity contribution is 6.30. The van der Waals surface area contributed by atoms with Crippen LogP contribution in [0.5, 0.6) is 0 Å². The minimum Gasteiger partial charge on any atom is -0.480 e. The Bertz CT molecular complexity index is 558. The topological polar surface area (TPSA) is 54.4 Å². The maximum atomic E-state index is 13.6. The van der Waals surface area contributed by atoms with Crippen LogP contribution in [-0.2, 0) is 15.0 Å². The van der Waals surface area contributed by atoms with Crippen LogP contribution in [0.3, 0.4) is 0 Å². The minimum absolute atomic E-state index is 0.0791. The van der Waals surface area contributed by atoms with Crippen molar-refractivity contribution < 1.29 is 19.1 Å². The lowest BCUT2D eigenvalue weighted by Gasteiger charge is -2.36. The van der Waals surface area contributed by atoms with E-state index in [0.29, 0.717) is 19.3 Å². The average Bonchev–Trinajstić information content (AvgIpc) is 2.42. The summed E-state index contributed by atoms with van der Waals surface area (Å²) in [5.41, 5.74) is -1.44. The fourth-order valence-corrected chi connectivity index (χ4v) is 3.11. The van der Waals surface area contributed by atoms with Crippen molar-refractivity contribution in [3.05, 3.63) is 34.6 Å². The van der Waals surface area contributed by atoms with E-state index in [9.17, 15) is 19.1 Å². The highest BCUT2D eigenvalue weighted by Crippen LogP contribution is 2.41. The van der Waals surface area contributed by atoms with Crippen LogP contribution >= 0.6 is 11.6 Å². The molecule has 1 aromatic rings. The second-order valence-corrected chi connectivity index (χ2v) is 5.61. The Morgan fingerprint density at radius 1 is 1.55 bits per heavy atom. The molecule has 20 heavy (non-hydrogen) atoms. The molecule has 0 saturated heterocycles. The summed E-state index contributed by atoms with van der Waals surface area (Å²) in [6, 6.07) is 3.82. The summed E-state index contributed by atoms with van der Waals surface area (Å²) in [5, 5.41) is 9.53.